The van der Waals surface area contributed by atoms with Gasteiger partial charge in [0.15, 0.2) is 5.76 Å². The maximum atomic E-state index is 10.3. The molecule has 1 rings (SSSR count). The molecule has 1 heterocycles. The highest BCUT2D eigenvalue weighted by Gasteiger charge is 2.07. The predicted octanol–water partition coefficient (Wildman–Crippen LogP) is 0.985. The molecule has 0 saturated carbocycles. The van der Waals surface area contributed by atoms with Crippen molar-refractivity contribution in [3.63, 3.8) is 0 Å². The quantitative estimate of drug-likeness (QED) is 0.593. The molecule has 0 unspecified atom stereocenters. The Morgan fingerprint density at radius 3 is 2.40 bits per heavy atom. The van der Waals surface area contributed by atoms with Crippen LogP contribution in [0.4, 0.5) is 5.69 Å². The maximum absolute atomic E-state index is 10.3. The minimum absolute atomic E-state index is 0.0833. The average Bonchev–Trinajstić information content (AvgIpc) is 2.11. The van der Waals surface area contributed by atoms with Crippen LogP contribution in [0.25, 0.3) is 0 Å². The molecule has 1 N–H and O–H groups in total. The molecule has 0 atom stereocenters. The van der Waals surface area contributed by atoms with Gasteiger partial charge in [-0.2, -0.15) is 0 Å². The number of aryl methyl sites for hydroxylation is 2. The van der Waals surface area contributed by atoms with Gasteiger partial charge in [0.2, 0.25) is 0 Å². The lowest BCUT2D eigenvalue weighted by Crippen LogP contribution is -2.08. The summed E-state index contributed by atoms with van der Waals surface area (Å²) in [7, 11) is 0. The second-order valence-corrected chi connectivity index (χ2v) is 1.95. The van der Waals surface area contributed by atoms with E-state index in [2.05, 4.69) is 9.68 Å². The smallest absolute Gasteiger partial charge is 0.158 e. The summed E-state index contributed by atoms with van der Waals surface area (Å²) in [6, 6.07) is 0. The summed E-state index contributed by atoms with van der Waals surface area (Å²) in [5, 5.41) is 22.0. The summed E-state index contributed by atoms with van der Waals surface area (Å²) in [4.78, 5) is 0. The van der Waals surface area contributed by atoms with Gasteiger partial charge in [0, 0.05) is 0 Å². The van der Waals surface area contributed by atoms with Crippen LogP contribution in [0.15, 0.2) is 4.52 Å². The number of hydrogen-bond acceptors (Lipinski definition) is 5. The normalized spacial score (nSPS) is 10.0. The fraction of sp³-hybridized carbons (Fsp3) is 0.400. The third-order valence-corrected chi connectivity index (χ3v) is 1.19. The first kappa shape index (κ1) is 7.04. The first-order valence-electron chi connectivity index (χ1n) is 2.72. The monoisotopic (exact) mass is 143 g/mol. The summed E-state index contributed by atoms with van der Waals surface area (Å²) in [5.41, 5.74) is 0.468. The molecule has 0 amide bonds. The Hall–Kier alpha value is -1.07. The molecule has 0 aromatic carbocycles. The summed E-state index contributed by atoms with van der Waals surface area (Å²) in [6.07, 6.45) is 0. The molecule has 5 heteroatoms. The van der Waals surface area contributed by atoms with Gasteiger partial charge in [0.25, 0.3) is 0 Å². The summed E-state index contributed by atoms with van der Waals surface area (Å²) >= 11 is 0. The average molecular weight is 143 g/mol. The van der Waals surface area contributed by atoms with Gasteiger partial charge in [-0.25, -0.2) is 0 Å². The Kier molecular flexibility index (Phi) is 1.60. The highest BCUT2D eigenvalue weighted by atomic mass is 16.8. The molecule has 0 saturated heterocycles. The predicted molar refractivity (Wildman–Crippen MR) is 33.6 cm³/mol. The van der Waals surface area contributed by atoms with Crippen LogP contribution in [-0.2, 0) is 0 Å². The van der Waals surface area contributed by atoms with Gasteiger partial charge < -0.3 is 15.0 Å². The second-order valence-electron chi connectivity index (χ2n) is 1.95. The van der Waals surface area contributed by atoms with Crippen molar-refractivity contribution in [3.8, 4) is 0 Å². The summed E-state index contributed by atoms with van der Waals surface area (Å²) in [6.45, 7) is 3.13. The fourth-order valence-corrected chi connectivity index (χ4v) is 0.751. The molecule has 1 aromatic rings. The molecule has 0 radical (unpaired) electrons. The highest BCUT2D eigenvalue weighted by Crippen LogP contribution is 2.21. The lowest BCUT2D eigenvalue weighted by atomic mass is 10.3. The SMILES string of the molecule is Cc1noc(C)c1N([O-])O. The topological polar surface area (TPSA) is 72.6 Å². The van der Waals surface area contributed by atoms with Crippen LogP contribution >= 0.6 is 0 Å². The summed E-state index contributed by atoms with van der Waals surface area (Å²) in [5.74, 6) is 0.315. The Bertz CT molecular complexity index is 211. The first-order valence-corrected chi connectivity index (χ1v) is 2.72. The third kappa shape index (κ3) is 0.960. The van der Waals surface area contributed by atoms with E-state index < -0.39 is 0 Å². The van der Waals surface area contributed by atoms with Gasteiger partial charge >= 0.3 is 0 Å². The summed E-state index contributed by atoms with van der Waals surface area (Å²) < 4.78 is 4.60. The molecule has 0 aliphatic carbocycles. The largest absolute Gasteiger partial charge is 0.733 e. The number of hydrogen-bond donors (Lipinski definition) is 1. The molecular weight excluding hydrogens is 136 g/mol. The maximum Gasteiger partial charge on any atom is 0.158 e. The van der Waals surface area contributed by atoms with Crippen molar-refractivity contribution >= 4 is 5.69 Å². The molecular formula is C5H7N2O3-. The molecule has 0 fully saturated rings. The molecule has 1 aromatic heterocycles. The lowest BCUT2D eigenvalue weighted by Gasteiger charge is -2.20. The second kappa shape index (κ2) is 2.28. The lowest BCUT2D eigenvalue weighted by molar-refractivity contribution is 0.293. The Morgan fingerprint density at radius 1 is 1.60 bits per heavy atom. The van der Waals surface area contributed by atoms with Crippen LogP contribution in [0.3, 0.4) is 0 Å². The van der Waals surface area contributed by atoms with Gasteiger partial charge in [0.05, 0.1) is 0 Å². The van der Waals surface area contributed by atoms with Gasteiger partial charge in [-0.15, -0.1) is 0 Å². The van der Waals surface area contributed by atoms with Crippen molar-refractivity contribution in [2.24, 2.45) is 0 Å². The Balaban J connectivity index is 3.10. The van der Waals surface area contributed by atoms with Gasteiger partial charge in [-0.05, 0) is 13.8 Å². The Morgan fingerprint density at radius 2 is 2.20 bits per heavy atom. The molecule has 0 aliphatic heterocycles. The Labute approximate surface area is 57.4 Å². The van der Waals surface area contributed by atoms with Gasteiger partial charge in [-0.3, -0.25) is 5.21 Å². The minimum Gasteiger partial charge on any atom is -0.733 e. The van der Waals surface area contributed by atoms with E-state index in [0.29, 0.717) is 11.5 Å². The van der Waals surface area contributed by atoms with E-state index in [1.54, 1.807) is 13.8 Å². The first-order chi connectivity index (χ1) is 4.63. The number of rotatable bonds is 1. The van der Waals surface area contributed by atoms with E-state index in [0.717, 1.165) is 0 Å². The fourth-order valence-electron chi connectivity index (χ4n) is 0.751. The van der Waals surface area contributed by atoms with Gasteiger partial charge in [0.1, 0.15) is 11.4 Å². The zero-order valence-corrected chi connectivity index (χ0v) is 5.66. The molecule has 0 aliphatic rings. The van der Waals surface area contributed by atoms with Crippen molar-refractivity contribution in [1.29, 1.82) is 0 Å². The van der Waals surface area contributed by atoms with Crippen LogP contribution < -0.4 is 5.23 Å². The van der Waals surface area contributed by atoms with Crippen molar-refractivity contribution < 1.29 is 9.73 Å². The number of aromatic nitrogens is 1. The zero-order chi connectivity index (χ0) is 7.72. The van der Waals surface area contributed by atoms with E-state index in [1.807, 2.05) is 0 Å². The van der Waals surface area contributed by atoms with Crippen LogP contribution in [0.2, 0.25) is 0 Å². The van der Waals surface area contributed by atoms with Crippen molar-refractivity contribution in [2.45, 2.75) is 13.8 Å². The van der Waals surface area contributed by atoms with E-state index in [-0.39, 0.29) is 10.9 Å². The van der Waals surface area contributed by atoms with Crippen molar-refractivity contribution in [1.82, 2.24) is 5.16 Å². The number of nitrogens with zero attached hydrogens (tertiary/aromatic N) is 2. The zero-order valence-electron chi connectivity index (χ0n) is 5.66. The van der Waals surface area contributed by atoms with Crippen LogP contribution in [0, 0.1) is 19.1 Å². The molecule has 5 nitrogen and oxygen atoms in total. The highest BCUT2D eigenvalue weighted by molar-refractivity contribution is 5.50. The van der Waals surface area contributed by atoms with E-state index in [9.17, 15) is 5.21 Å². The minimum atomic E-state index is -0.249. The standard InChI is InChI=1S/C5H7N2O3/c1-3-5(7(8)9)4(2)10-6-3/h8H,1-2H3/q-1. The van der Waals surface area contributed by atoms with Crippen LogP contribution in [-0.4, -0.2) is 10.4 Å². The van der Waals surface area contributed by atoms with E-state index in [4.69, 9.17) is 5.21 Å². The molecule has 0 spiro atoms. The van der Waals surface area contributed by atoms with Crippen molar-refractivity contribution in [3.05, 3.63) is 16.7 Å². The molecule has 10 heavy (non-hydrogen) atoms. The van der Waals surface area contributed by atoms with Crippen LogP contribution in [0.5, 0.6) is 0 Å². The van der Waals surface area contributed by atoms with E-state index in [1.165, 1.54) is 0 Å². The number of anilines is 1. The third-order valence-electron chi connectivity index (χ3n) is 1.19. The van der Waals surface area contributed by atoms with E-state index >= 15 is 0 Å². The molecule has 0 bridgehead atoms. The van der Waals surface area contributed by atoms with Gasteiger partial charge in [-0.1, -0.05) is 5.16 Å². The molecule has 56 valence electrons. The van der Waals surface area contributed by atoms with Crippen LogP contribution in [0.1, 0.15) is 11.5 Å². The van der Waals surface area contributed by atoms with Crippen molar-refractivity contribution in [2.75, 3.05) is 5.23 Å².